The van der Waals surface area contributed by atoms with Gasteiger partial charge in [0.2, 0.25) is 0 Å². The number of halogens is 1. The van der Waals surface area contributed by atoms with Crippen molar-refractivity contribution in [3.05, 3.63) is 0 Å². The summed E-state index contributed by atoms with van der Waals surface area (Å²) in [4.78, 5) is 19.3. The highest BCUT2D eigenvalue weighted by Gasteiger charge is 2.26. The molecule has 1 amide bonds. The van der Waals surface area contributed by atoms with Crippen LogP contribution in [0.25, 0.3) is 0 Å². The largest absolute Gasteiger partial charge is 0.444 e. The number of carbonyl (C=O) groups is 1. The fraction of sp³-hybridized carbons (Fsp3) is 0.909. The maximum atomic E-state index is 12.0. The molecule has 9 heteroatoms. The van der Waals surface area contributed by atoms with E-state index in [9.17, 15) is 4.79 Å². The van der Waals surface area contributed by atoms with Gasteiger partial charge in [-0.2, -0.15) is 0 Å². The van der Waals surface area contributed by atoms with Gasteiger partial charge in [-0.1, -0.05) is 0 Å². The maximum Gasteiger partial charge on any atom is 0.407 e. The minimum atomic E-state index is -0.462. The number of nitrogens with zero attached hydrogens (tertiary/aromatic N) is 2. The Kier molecular flexibility index (Phi) is 12.4. The molecule has 2 atom stereocenters. The number of ether oxygens (including phenoxy) is 2. The second-order valence-corrected chi connectivity index (χ2v) is 9.57. The lowest BCUT2D eigenvalue weighted by Crippen LogP contribution is -2.50. The quantitative estimate of drug-likeness (QED) is 0.266. The minimum Gasteiger partial charge on any atom is -0.444 e. The molecule has 1 aliphatic heterocycles. The van der Waals surface area contributed by atoms with E-state index in [1.807, 2.05) is 20.8 Å². The molecule has 2 fully saturated rings. The van der Waals surface area contributed by atoms with Crippen LogP contribution >= 0.6 is 24.0 Å². The Balaban J connectivity index is 0.00000480. The van der Waals surface area contributed by atoms with Gasteiger partial charge in [0.1, 0.15) is 5.60 Å². The fourth-order valence-electron chi connectivity index (χ4n) is 4.09. The molecule has 1 saturated heterocycles. The van der Waals surface area contributed by atoms with Crippen molar-refractivity contribution in [3.63, 3.8) is 0 Å². The van der Waals surface area contributed by atoms with E-state index in [-0.39, 0.29) is 36.1 Å². The Bertz CT molecular complexity index is 562. The number of aliphatic imine (C=N–C) groups is 1. The van der Waals surface area contributed by atoms with Gasteiger partial charge in [-0.25, -0.2) is 4.79 Å². The highest BCUT2D eigenvalue weighted by molar-refractivity contribution is 14.0. The molecule has 8 nitrogen and oxygen atoms in total. The Morgan fingerprint density at radius 2 is 1.81 bits per heavy atom. The molecule has 3 N–H and O–H groups in total. The summed E-state index contributed by atoms with van der Waals surface area (Å²) in [5, 5.41) is 9.97. The van der Waals surface area contributed by atoms with Gasteiger partial charge in [0.25, 0.3) is 0 Å². The first-order valence-electron chi connectivity index (χ1n) is 11.6. The number of hydrogen-bond acceptors (Lipinski definition) is 5. The van der Waals surface area contributed by atoms with Gasteiger partial charge >= 0.3 is 6.09 Å². The van der Waals surface area contributed by atoms with E-state index in [2.05, 4.69) is 41.6 Å². The van der Waals surface area contributed by atoms with Crippen LogP contribution in [-0.2, 0) is 9.47 Å². The zero-order valence-electron chi connectivity index (χ0n) is 20.2. The zero-order chi connectivity index (χ0) is 22.1. The van der Waals surface area contributed by atoms with E-state index in [0.717, 1.165) is 64.5 Å². The summed E-state index contributed by atoms with van der Waals surface area (Å²) in [6.07, 6.45) is 3.57. The van der Waals surface area contributed by atoms with Crippen LogP contribution in [0.3, 0.4) is 0 Å². The molecule has 182 valence electrons. The van der Waals surface area contributed by atoms with E-state index in [1.165, 1.54) is 0 Å². The summed E-state index contributed by atoms with van der Waals surface area (Å²) < 4.78 is 10.9. The summed E-state index contributed by atoms with van der Waals surface area (Å²) in [7, 11) is 0. The smallest absolute Gasteiger partial charge is 0.407 e. The van der Waals surface area contributed by atoms with Crippen LogP contribution in [0.15, 0.2) is 4.99 Å². The lowest BCUT2D eigenvalue weighted by atomic mass is 9.91. The Morgan fingerprint density at radius 1 is 1.19 bits per heavy atom. The number of rotatable bonds is 6. The van der Waals surface area contributed by atoms with Gasteiger partial charge in [0.05, 0.1) is 19.8 Å². The monoisotopic (exact) mass is 553 g/mol. The molecule has 0 aromatic rings. The Morgan fingerprint density at radius 3 is 2.35 bits per heavy atom. The van der Waals surface area contributed by atoms with Crippen molar-refractivity contribution in [1.82, 2.24) is 20.9 Å². The summed E-state index contributed by atoms with van der Waals surface area (Å²) in [6.45, 7) is 16.4. The third-order valence-electron chi connectivity index (χ3n) is 5.63. The van der Waals surface area contributed by atoms with Crippen molar-refractivity contribution in [3.8, 4) is 0 Å². The number of morpholine rings is 1. The van der Waals surface area contributed by atoms with Gasteiger partial charge < -0.3 is 25.4 Å². The van der Waals surface area contributed by atoms with Gasteiger partial charge in [0, 0.05) is 37.3 Å². The van der Waals surface area contributed by atoms with Crippen LogP contribution in [-0.4, -0.2) is 79.6 Å². The number of nitrogens with one attached hydrogen (secondary N) is 3. The zero-order valence-corrected chi connectivity index (χ0v) is 22.5. The topological polar surface area (TPSA) is 87.2 Å². The average Bonchev–Trinajstić information content (AvgIpc) is 2.66. The summed E-state index contributed by atoms with van der Waals surface area (Å²) in [6, 6.07) is 1.37. The number of alkyl carbamates (subject to hydrolysis) is 1. The summed E-state index contributed by atoms with van der Waals surface area (Å²) >= 11 is 0. The number of carbonyl (C=O) groups excluding carboxylic acids is 1. The highest BCUT2D eigenvalue weighted by Crippen LogP contribution is 2.19. The predicted molar refractivity (Wildman–Crippen MR) is 136 cm³/mol. The molecule has 0 radical (unpaired) electrons. The first-order chi connectivity index (χ1) is 14.2. The first-order valence-corrected chi connectivity index (χ1v) is 11.6. The van der Waals surface area contributed by atoms with Crippen LogP contribution in [0.5, 0.6) is 0 Å². The summed E-state index contributed by atoms with van der Waals surface area (Å²) in [5.74, 6) is 0.883. The van der Waals surface area contributed by atoms with Gasteiger partial charge in [-0.15, -0.1) is 24.0 Å². The predicted octanol–water partition coefficient (Wildman–Crippen LogP) is 3.10. The molecule has 1 heterocycles. The van der Waals surface area contributed by atoms with E-state index in [1.54, 1.807) is 0 Å². The Hall–Kier alpha value is -0.810. The molecule has 2 aliphatic rings. The molecular formula is C22H44IN5O3. The van der Waals surface area contributed by atoms with Crippen LogP contribution in [0.1, 0.15) is 67.2 Å². The molecule has 2 unspecified atom stereocenters. The first kappa shape index (κ1) is 28.2. The van der Waals surface area contributed by atoms with Crippen molar-refractivity contribution in [2.75, 3.05) is 32.8 Å². The molecular weight excluding hydrogens is 509 g/mol. The average molecular weight is 554 g/mol. The van der Waals surface area contributed by atoms with E-state index >= 15 is 0 Å². The summed E-state index contributed by atoms with van der Waals surface area (Å²) in [5.41, 5.74) is -0.462. The highest BCUT2D eigenvalue weighted by atomic mass is 127. The van der Waals surface area contributed by atoms with Crippen LogP contribution in [0.4, 0.5) is 4.79 Å². The van der Waals surface area contributed by atoms with Crippen molar-refractivity contribution >= 4 is 36.0 Å². The van der Waals surface area contributed by atoms with Gasteiger partial charge in [-0.05, 0) is 67.2 Å². The normalized spacial score (nSPS) is 26.4. The van der Waals surface area contributed by atoms with Crippen LogP contribution in [0, 0.1) is 0 Å². The number of amides is 1. The van der Waals surface area contributed by atoms with Crippen molar-refractivity contribution in [2.24, 2.45) is 4.99 Å². The maximum absolute atomic E-state index is 12.0. The number of hydrogen-bond donors (Lipinski definition) is 3. The molecule has 1 saturated carbocycles. The molecule has 31 heavy (non-hydrogen) atoms. The van der Waals surface area contributed by atoms with Gasteiger partial charge in [0.15, 0.2) is 5.96 Å². The second-order valence-electron chi connectivity index (χ2n) is 9.57. The lowest BCUT2D eigenvalue weighted by molar-refractivity contribution is -0.0165. The van der Waals surface area contributed by atoms with Crippen molar-refractivity contribution < 1.29 is 14.3 Å². The molecule has 0 spiro atoms. The molecule has 0 aromatic carbocycles. The molecule has 1 aliphatic carbocycles. The molecule has 0 bridgehead atoms. The van der Waals surface area contributed by atoms with Crippen LogP contribution in [0.2, 0.25) is 0 Å². The van der Waals surface area contributed by atoms with E-state index in [4.69, 9.17) is 14.5 Å². The standard InChI is InChI=1S/C22H43N5O3.HI/c1-7-23-20(24-14-16(2)27-12-13-29-15-17(27)3)25-18-8-10-19(11-9-18)26-21(28)30-22(4,5)6;/h16-19H,7-15H2,1-6H3,(H,26,28)(H2,23,24,25);1H. The Labute approximate surface area is 205 Å². The second kappa shape index (κ2) is 13.7. The third-order valence-corrected chi connectivity index (χ3v) is 5.63. The van der Waals surface area contributed by atoms with Crippen molar-refractivity contribution in [2.45, 2.75) is 97.0 Å². The van der Waals surface area contributed by atoms with Crippen molar-refractivity contribution in [1.29, 1.82) is 0 Å². The number of guanidine groups is 1. The SMILES string of the molecule is CCNC(=NCC(C)N1CCOCC1C)NC1CCC(NC(=O)OC(C)(C)C)CC1.I. The molecule has 2 rings (SSSR count). The van der Waals surface area contributed by atoms with E-state index in [0.29, 0.717) is 18.1 Å². The fourth-order valence-corrected chi connectivity index (χ4v) is 4.09. The molecule has 0 aromatic heterocycles. The van der Waals surface area contributed by atoms with E-state index < -0.39 is 5.60 Å². The minimum absolute atomic E-state index is 0. The third kappa shape index (κ3) is 10.6. The van der Waals surface area contributed by atoms with Gasteiger partial charge in [-0.3, -0.25) is 9.89 Å². The lowest BCUT2D eigenvalue weighted by Gasteiger charge is -2.37. The van der Waals surface area contributed by atoms with Crippen LogP contribution < -0.4 is 16.0 Å².